The molecule has 4 nitrogen and oxygen atoms in total. The van der Waals surface area contributed by atoms with Crippen LogP contribution in [-0.2, 0) is 9.84 Å². The number of thiophene rings is 1. The number of furan rings is 1. The van der Waals surface area contributed by atoms with Gasteiger partial charge in [-0.05, 0) is 54.6 Å². The lowest BCUT2D eigenvalue weighted by Crippen LogP contribution is -2.14. The van der Waals surface area contributed by atoms with Crippen molar-refractivity contribution in [3.8, 4) is 11.1 Å². The molecule has 7 heteroatoms. The molecule has 2 aromatic heterocycles. The van der Waals surface area contributed by atoms with Crippen molar-refractivity contribution in [1.82, 2.24) is 0 Å². The Morgan fingerprint density at radius 2 is 1.16 bits per heavy atom. The lowest BCUT2D eigenvalue weighted by atomic mass is 10.0. The van der Waals surface area contributed by atoms with Crippen LogP contribution in [0.2, 0.25) is 0 Å². The van der Waals surface area contributed by atoms with Crippen molar-refractivity contribution in [2.75, 3.05) is 4.90 Å². The Hall–Kier alpha value is -5.34. The standard InChI is InChI=1S/C42H25NO3S3/c44-49(45,26-12-2-1-3-13-26)40-23-9-5-15-28(40)29-16-10-17-30-31-18-11-20-34(42(31)48-41(29)30)43-33-19-6-8-22-38(33)47-39-25-37-32(24-35(39)43)27-14-4-7-21-36(27)46-37/h1-25H. The summed E-state index contributed by atoms with van der Waals surface area (Å²) in [6, 6.07) is 49.9. The minimum absolute atomic E-state index is 0.285. The second kappa shape index (κ2) is 10.8. The first kappa shape index (κ1) is 28.7. The van der Waals surface area contributed by atoms with E-state index in [0.717, 1.165) is 69.6 Å². The Morgan fingerprint density at radius 1 is 0.490 bits per heavy atom. The Balaban J connectivity index is 1.22. The molecule has 0 saturated heterocycles. The molecule has 0 fully saturated rings. The van der Waals surface area contributed by atoms with Gasteiger partial charge in [-0.25, -0.2) is 8.42 Å². The predicted octanol–water partition coefficient (Wildman–Crippen LogP) is 12.4. The summed E-state index contributed by atoms with van der Waals surface area (Å²) in [6.45, 7) is 0. The van der Waals surface area contributed by atoms with Gasteiger partial charge in [0.1, 0.15) is 11.2 Å². The van der Waals surface area contributed by atoms with Crippen molar-refractivity contribution in [2.45, 2.75) is 19.6 Å². The van der Waals surface area contributed by atoms with E-state index in [1.54, 1.807) is 59.5 Å². The van der Waals surface area contributed by atoms with Crippen LogP contribution in [0.4, 0.5) is 17.1 Å². The van der Waals surface area contributed by atoms with E-state index in [1.807, 2.05) is 42.5 Å². The maximum absolute atomic E-state index is 14.0. The van der Waals surface area contributed by atoms with Crippen molar-refractivity contribution in [1.29, 1.82) is 0 Å². The fourth-order valence-corrected chi connectivity index (χ4v) is 11.0. The van der Waals surface area contributed by atoms with Crippen LogP contribution in [0.1, 0.15) is 0 Å². The van der Waals surface area contributed by atoms with Gasteiger partial charge >= 0.3 is 0 Å². The number of fused-ring (bicyclic) bond motifs is 8. The van der Waals surface area contributed by atoms with Crippen LogP contribution in [0, 0.1) is 0 Å². The van der Waals surface area contributed by atoms with Crippen molar-refractivity contribution >= 4 is 92.1 Å². The molecule has 0 unspecified atom stereocenters. The molecule has 7 aromatic carbocycles. The molecule has 9 aromatic rings. The zero-order valence-electron chi connectivity index (χ0n) is 25.8. The minimum Gasteiger partial charge on any atom is -0.456 e. The molecule has 0 atom stereocenters. The second-order valence-electron chi connectivity index (χ2n) is 12.1. The molecule has 1 aliphatic heterocycles. The smallest absolute Gasteiger partial charge is 0.207 e. The molecular weight excluding hydrogens is 663 g/mol. The fraction of sp³-hybridized carbons (Fsp3) is 0. The summed E-state index contributed by atoms with van der Waals surface area (Å²) >= 11 is 3.48. The number of hydrogen-bond acceptors (Lipinski definition) is 6. The van der Waals surface area contributed by atoms with Gasteiger partial charge < -0.3 is 9.32 Å². The summed E-state index contributed by atoms with van der Waals surface area (Å²) < 4.78 is 36.4. The zero-order valence-corrected chi connectivity index (χ0v) is 28.3. The van der Waals surface area contributed by atoms with E-state index in [1.165, 1.54) is 4.90 Å². The topological polar surface area (TPSA) is 50.5 Å². The maximum atomic E-state index is 14.0. The van der Waals surface area contributed by atoms with Crippen LogP contribution in [-0.4, -0.2) is 8.42 Å². The third kappa shape index (κ3) is 4.33. The van der Waals surface area contributed by atoms with Gasteiger partial charge in [0.2, 0.25) is 9.84 Å². The Bertz CT molecular complexity index is 2890. The van der Waals surface area contributed by atoms with Gasteiger partial charge in [0.15, 0.2) is 0 Å². The number of hydrogen-bond donors (Lipinski definition) is 0. The highest BCUT2D eigenvalue weighted by Gasteiger charge is 2.29. The van der Waals surface area contributed by atoms with Gasteiger partial charge in [0.05, 0.1) is 31.6 Å². The van der Waals surface area contributed by atoms with Crippen LogP contribution in [0.3, 0.4) is 0 Å². The molecule has 3 heterocycles. The summed E-state index contributed by atoms with van der Waals surface area (Å²) in [5.74, 6) is 0. The molecule has 0 spiro atoms. The second-order valence-corrected chi connectivity index (χ2v) is 16.1. The summed E-state index contributed by atoms with van der Waals surface area (Å²) in [6.07, 6.45) is 0. The number of rotatable bonds is 4. The van der Waals surface area contributed by atoms with E-state index in [4.69, 9.17) is 4.42 Å². The number of nitrogens with zero attached hydrogens (tertiary/aromatic N) is 1. The summed E-state index contributed by atoms with van der Waals surface area (Å²) in [5, 5.41) is 4.41. The van der Waals surface area contributed by atoms with Gasteiger partial charge in [-0.1, -0.05) is 109 Å². The molecule has 0 aliphatic carbocycles. The molecule has 0 N–H and O–H groups in total. The average molecular weight is 688 g/mol. The van der Waals surface area contributed by atoms with E-state index in [-0.39, 0.29) is 4.90 Å². The summed E-state index contributed by atoms with van der Waals surface area (Å²) in [4.78, 5) is 5.27. The van der Waals surface area contributed by atoms with Crippen LogP contribution in [0.15, 0.2) is 176 Å². The van der Waals surface area contributed by atoms with E-state index < -0.39 is 9.84 Å². The molecule has 0 bridgehead atoms. The van der Waals surface area contributed by atoms with E-state index in [9.17, 15) is 8.42 Å². The number of benzene rings is 7. The lowest BCUT2D eigenvalue weighted by Gasteiger charge is -2.33. The molecule has 10 rings (SSSR count). The number of anilines is 3. The third-order valence-electron chi connectivity index (χ3n) is 9.29. The lowest BCUT2D eigenvalue weighted by molar-refractivity contribution is 0.596. The van der Waals surface area contributed by atoms with E-state index in [2.05, 4.69) is 77.7 Å². The minimum atomic E-state index is -3.75. The molecular formula is C42H25NO3S3. The van der Waals surface area contributed by atoms with Gasteiger partial charge in [-0.2, -0.15) is 0 Å². The number of para-hydroxylation sites is 2. The molecule has 234 valence electrons. The van der Waals surface area contributed by atoms with Crippen molar-refractivity contribution in [2.24, 2.45) is 0 Å². The van der Waals surface area contributed by atoms with Crippen molar-refractivity contribution in [3.05, 3.63) is 152 Å². The Kier molecular flexibility index (Phi) is 6.34. The fourth-order valence-electron chi connectivity index (χ4n) is 7.08. The molecule has 0 amide bonds. The van der Waals surface area contributed by atoms with Crippen LogP contribution in [0.5, 0.6) is 0 Å². The van der Waals surface area contributed by atoms with Crippen LogP contribution >= 0.6 is 23.1 Å². The molecule has 0 radical (unpaired) electrons. The van der Waals surface area contributed by atoms with Gasteiger partial charge in [-0.15, -0.1) is 11.3 Å². The monoisotopic (exact) mass is 687 g/mol. The Morgan fingerprint density at radius 3 is 2.06 bits per heavy atom. The van der Waals surface area contributed by atoms with Gasteiger partial charge in [0.25, 0.3) is 0 Å². The molecule has 49 heavy (non-hydrogen) atoms. The van der Waals surface area contributed by atoms with Crippen LogP contribution < -0.4 is 4.90 Å². The summed E-state index contributed by atoms with van der Waals surface area (Å²) in [7, 11) is -3.75. The molecule has 0 saturated carbocycles. The number of sulfone groups is 1. The van der Waals surface area contributed by atoms with E-state index in [0.29, 0.717) is 10.5 Å². The van der Waals surface area contributed by atoms with Crippen molar-refractivity contribution < 1.29 is 12.8 Å². The normalized spacial score (nSPS) is 12.9. The largest absolute Gasteiger partial charge is 0.456 e. The quantitative estimate of drug-likeness (QED) is 0.184. The van der Waals surface area contributed by atoms with Gasteiger partial charge in [0, 0.05) is 47.2 Å². The first-order valence-electron chi connectivity index (χ1n) is 15.9. The first-order chi connectivity index (χ1) is 24.1. The molecule has 1 aliphatic rings. The van der Waals surface area contributed by atoms with E-state index >= 15 is 0 Å². The van der Waals surface area contributed by atoms with Crippen molar-refractivity contribution in [3.63, 3.8) is 0 Å². The predicted molar refractivity (Wildman–Crippen MR) is 203 cm³/mol. The highest BCUT2D eigenvalue weighted by molar-refractivity contribution is 7.99. The highest BCUT2D eigenvalue weighted by atomic mass is 32.2. The average Bonchev–Trinajstić information content (AvgIpc) is 3.71. The van der Waals surface area contributed by atoms with Crippen LogP contribution in [0.25, 0.3) is 53.2 Å². The Labute approximate surface area is 290 Å². The zero-order chi connectivity index (χ0) is 32.7. The maximum Gasteiger partial charge on any atom is 0.207 e. The third-order valence-corrected chi connectivity index (χ3v) is 13.5. The first-order valence-corrected chi connectivity index (χ1v) is 19.0. The SMILES string of the molecule is O=S(=O)(c1ccccc1)c1ccccc1-c1cccc2c1sc1c(N3c4ccccc4Sc4cc5oc6ccccc6c5cc43)cccc12. The van der Waals surface area contributed by atoms with Gasteiger partial charge in [-0.3, -0.25) is 0 Å². The summed E-state index contributed by atoms with van der Waals surface area (Å²) in [5.41, 5.74) is 6.66. The highest BCUT2D eigenvalue weighted by Crippen LogP contribution is 2.55.